The van der Waals surface area contributed by atoms with Crippen molar-refractivity contribution in [1.29, 1.82) is 0 Å². The van der Waals surface area contributed by atoms with Crippen molar-refractivity contribution >= 4 is 0 Å². The molecule has 0 radical (unpaired) electrons. The molecule has 0 saturated heterocycles. The predicted molar refractivity (Wildman–Crippen MR) is 153 cm³/mol. The second-order valence-electron chi connectivity index (χ2n) is 11.3. The fourth-order valence-electron chi connectivity index (χ4n) is 5.58. The third kappa shape index (κ3) is 22.2. The van der Waals surface area contributed by atoms with Crippen LogP contribution in [-0.4, -0.2) is 30.7 Å². The van der Waals surface area contributed by atoms with E-state index in [1.807, 2.05) is 0 Å². The summed E-state index contributed by atoms with van der Waals surface area (Å²) >= 11 is 0. The molecule has 0 aromatic carbocycles. The molecule has 0 spiro atoms. The summed E-state index contributed by atoms with van der Waals surface area (Å²) in [5.41, 5.74) is 0. The van der Waals surface area contributed by atoms with E-state index < -0.39 is 0 Å². The summed E-state index contributed by atoms with van der Waals surface area (Å²) in [7, 11) is 0. The lowest BCUT2D eigenvalue weighted by Crippen LogP contribution is -2.50. The van der Waals surface area contributed by atoms with Crippen molar-refractivity contribution in [2.75, 3.05) is 26.2 Å². The highest BCUT2D eigenvalue weighted by Gasteiger charge is 2.25. The SMILES string of the molecule is CCCCCCCCCCC[N+](CCCCCCC)(CCCCCCC)CCCCCCC. The Morgan fingerprint density at radius 1 is 0.242 bits per heavy atom. The Labute approximate surface area is 212 Å². The lowest BCUT2D eigenvalue weighted by Gasteiger charge is -2.40. The Bertz CT molecular complexity index is 314. The maximum absolute atomic E-state index is 2.34. The van der Waals surface area contributed by atoms with Gasteiger partial charge in [0.2, 0.25) is 0 Å². The smallest absolute Gasteiger partial charge is 0.0786 e. The Kier molecular flexibility index (Phi) is 26.5. The predicted octanol–water partition coefficient (Wildman–Crippen LogP) is 11.2. The molecule has 1 heteroatoms. The van der Waals surface area contributed by atoms with Gasteiger partial charge in [-0.15, -0.1) is 0 Å². The van der Waals surface area contributed by atoms with Crippen LogP contribution in [0.5, 0.6) is 0 Å². The molecule has 0 heterocycles. The number of unbranched alkanes of at least 4 members (excludes halogenated alkanes) is 20. The summed E-state index contributed by atoms with van der Waals surface area (Å²) in [6.45, 7) is 15.3. The average Bonchev–Trinajstić information content (AvgIpc) is 2.82. The molecule has 0 aliphatic rings. The molecule has 0 bridgehead atoms. The molecule has 200 valence electrons. The van der Waals surface area contributed by atoms with Crippen molar-refractivity contribution in [2.24, 2.45) is 0 Å². The van der Waals surface area contributed by atoms with Crippen LogP contribution in [-0.2, 0) is 0 Å². The zero-order chi connectivity index (χ0) is 24.3. The lowest BCUT2D eigenvalue weighted by atomic mass is 10.0. The largest absolute Gasteiger partial charge is 0.324 e. The summed E-state index contributed by atoms with van der Waals surface area (Å²) < 4.78 is 1.47. The third-order valence-electron chi connectivity index (χ3n) is 7.94. The molecule has 0 unspecified atom stereocenters. The lowest BCUT2D eigenvalue weighted by molar-refractivity contribution is -0.929. The van der Waals surface area contributed by atoms with Gasteiger partial charge in [0.05, 0.1) is 26.2 Å². The highest BCUT2D eigenvalue weighted by atomic mass is 15.3. The van der Waals surface area contributed by atoms with Crippen LogP contribution in [0.2, 0.25) is 0 Å². The van der Waals surface area contributed by atoms with E-state index >= 15 is 0 Å². The van der Waals surface area contributed by atoms with Gasteiger partial charge >= 0.3 is 0 Å². The molecule has 0 aliphatic heterocycles. The molecular formula is C32H68N+. The Morgan fingerprint density at radius 3 is 0.636 bits per heavy atom. The van der Waals surface area contributed by atoms with Gasteiger partial charge < -0.3 is 4.48 Å². The van der Waals surface area contributed by atoms with Crippen LogP contribution in [0.3, 0.4) is 0 Å². The number of quaternary nitrogens is 1. The van der Waals surface area contributed by atoms with Crippen molar-refractivity contribution in [1.82, 2.24) is 0 Å². The summed E-state index contributed by atoms with van der Waals surface area (Å²) in [6, 6.07) is 0. The Balaban J connectivity index is 4.62. The van der Waals surface area contributed by atoms with E-state index in [0.29, 0.717) is 0 Å². The van der Waals surface area contributed by atoms with Crippen molar-refractivity contribution in [3.63, 3.8) is 0 Å². The van der Waals surface area contributed by atoms with Crippen molar-refractivity contribution < 1.29 is 4.48 Å². The number of nitrogens with zero attached hydrogens (tertiary/aromatic N) is 1. The van der Waals surface area contributed by atoms with E-state index in [9.17, 15) is 0 Å². The van der Waals surface area contributed by atoms with E-state index in [-0.39, 0.29) is 0 Å². The van der Waals surface area contributed by atoms with E-state index in [2.05, 4.69) is 27.7 Å². The molecule has 0 fully saturated rings. The highest BCUT2D eigenvalue weighted by molar-refractivity contribution is 4.55. The van der Waals surface area contributed by atoms with Crippen LogP contribution in [0.4, 0.5) is 0 Å². The van der Waals surface area contributed by atoms with Crippen LogP contribution < -0.4 is 0 Å². The highest BCUT2D eigenvalue weighted by Crippen LogP contribution is 2.20. The van der Waals surface area contributed by atoms with Crippen molar-refractivity contribution in [3.8, 4) is 0 Å². The van der Waals surface area contributed by atoms with E-state index in [4.69, 9.17) is 0 Å². The van der Waals surface area contributed by atoms with Crippen molar-refractivity contribution in [2.45, 2.75) is 182 Å². The minimum Gasteiger partial charge on any atom is -0.324 e. The Hall–Kier alpha value is -0.0400. The monoisotopic (exact) mass is 467 g/mol. The van der Waals surface area contributed by atoms with Gasteiger partial charge in [0.25, 0.3) is 0 Å². The van der Waals surface area contributed by atoms with Gasteiger partial charge in [-0.3, -0.25) is 0 Å². The standard InChI is InChI=1S/C32H68N/c1-5-9-13-17-18-19-20-24-28-32-33(29-25-21-14-10-6-2,30-26-22-15-11-7-3)31-27-23-16-12-8-4/h5-32H2,1-4H3/q+1. The normalized spacial score (nSPS) is 12.0. The van der Waals surface area contributed by atoms with Crippen molar-refractivity contribution in [3.05, 3.63) is 0 Å². The minimum absolute atomic E-state index is 1.37. The van der Waals surface area contributed by atoms with Gasteiger partial charge in [-0.2, -0.15) is 0 Å². The molecule has 0 aliphatic carbocycles. The van der Waals surface area contributed by atoms with E-state index in [0.717, 1.165) is 0 Å². The van der Waals surface area contributed by atoms with Gasteiger partial charge in [0, 0.05) is 0 Å². The summed E-state index contributed by atoms with van der Waals surface area (Å²) in [5.74, 6) is 0. The number of rotatable bonds is 28. The molecule has 1 nitrogen and oxygen atoms in total. The molecule has 0 rings (SSSR count). The zero-order valence-corrected chi connectivity index (χ0v) is 24.2. The van der Waals surface area contributed by atoms with Crippen LogP contribution in [0.1, 0.15) is 182 Å². The van der Waals surface area contributed by atoms with Crippen LogP contribution in [0.25, 0.3) is 0 Å². The van der Waals surface area contributed by atoms with E-state index in [1.165, 1.54) is 185 Å². The van der Waals surface area contributed by atoms with Gasteiger partial charge in [0.15, 0.2) is 0 Å². The van der Waals surface area contributed by atoms with Gasteiger partial charge in [0.1, 0.15) is 0 Å². The molecule has 0 aromatic rings. The maximum Gasteiger partial charge on any atom is 0.0786 e. The summed E-state index contributed by atoms with van der Waals surface area (Å²) in [5, 5.41) is 0. The first-order valence-electron chi connectivity index (χ1n) is 16.1. The molecule has 0 amide bonds. The Morgan fingerprint density at radius 2 is 0.424 bits per heavy atom. The fraction of sp³-hybridized carbons (Fsp3) is 1.00. The third-order valence-corrected chi connectivity index (χ3v) is 7.94. The van der Waals surface area contributed by atoms with Gasteiger partial charge in [-0.1, -0.05) is 130 Å². The number of hydrogen-bond donors (Lipinski definition) is 0. The molecule has 0 aromatic heterocycles. The average molecular weight is 467 g/mol. The molecule has 0 N–H and O–H groups in total. The fourth-order valence-corrected chi connectivity index (χ4v) is 5.58. The maximum atomic E-state index is 2.34. The first kappa shape index (κ1) is 33.0. The van der Waals surface area contributed by atoms with Crippen LogP contribution >= 0.6 is 0 Å². The van der Waals surface area contributed by atoms with Gasteiger partial charge in [-0.25, -0.2) is 0 Å². The number of hydrogen-bond acceptors (Lipinski definition) is 0. The molecule has 33 heavy (non-hydrogen) atoms. The second kappa shape index (κ2) is 26.6. The van der Waals surface area contributed by atoms with E-state index in [1.54, 1.807) is 0 Å². The molecule has 0 atom stereocenters. The van der Waals surface area contributed by atoms with Crippen LogP contribution in [0.15, 0.2) is 0 Å². The zero-order valence-electron chi connectivity index (χ0n) is 24.2. The quantitative estimate of drug-likeness (QED) is 0.0794. The minimum atomic E-state index is 1.37. The topological polar surface area (TPSA) is 0 Å². The molecular weight excluding hydrogens is 398 g/mol. The summed E-state index contributed by atoms with van der Waals surface area (Å²) in [4.78, 5) is 0. The summed E-state index contributed by atoms with van der Waals surface area (Å²) in [6.07, 6.45) is 34.8. The second-order valence-corrected chi connectivity index (χ2v) is 11.3. The first-order valence-corrected chi connectivity index (χ1v) is 16.1. The van der Waals surface area contributed by atoms with Crippen LogP contribution in [0, 0.1) is 0 Å². The first-order chi connectivity index (χ1) is 16.2. The van der Waals surface area contributed by atoms with Gasteiger partial charge in [-0.05, 0) is 51.4 Å². The molecule has 0 saturated carbocycles.